The van der Waals surface area contributed by atoms with E-state index < -0.39 is 6.04 Å². The lowest BCUT2D eigenvalue weighted by Gasteiger charge is -2.46. The van der Waals surface area contributed by atoms with E-state index in [9.17, 15) is 9.90 Å². The topological polar surface area (TPSA) is 99.6 Å². The normalized spacial score (nSPS) is 20.7. The summed E-state index contributed by atoms with van der Waals surface area (Å²) in [4.78, 5) is 24.5. The molecule has 1 saturated carbocycles. The van der Waals surface area contributed by atoms with Crippen molar-refractivity contribution in [3.05, 3.63) is 53.3 Å². The minimum atomic E-state index is -0.439. The number of anilines is 1. The van der Waals surface area contributed by atoms with Crippen LogP contribution in [0.15, 0.2) is 36.5 Å². The van der Waals surface area contributed by atoms with Gasteiger partial charge >= 0.3 is 6.03 Å². The van der Waals surface area contributed by atoms with Crippen molar-refractivity contribution >= 4 is 12.0 Å². The number of aliphatic hydroxyl groups is 1. The summed E-state index contributed by atoms with van der Waals surface area (Å²) < 4.78 is 5.42. The zero-order chi connectivity index (χ0) is 21.3. The number of amides is 2. The average molecular weight is 424 g/mol. The predicted octanol–water partition coefficient (Wildman–Crippen LogP) is 2.71. The fourth-order valence-electron chi connectivity index (χ4n) is 4.93. The Morgan fingerprint density at radius 2 is 2.03 bits per heavy atom. The lowest BCUT2D eigenvalue weighted by atomic mass is 9.73. The fourth-order valence-corrected chi connectivity index (χ4v) is 4.93. The summed E-state index contributed by atoms with van der Waals surface area (Å²) in [5.74, 6) is 0.625. The van der Waals surface area contributed by atoms with E-state index in [1.54, 1.807) is 0 Å². The van der Waals surface area contributed by atoms with Crippen LogP contribution in [0.1, 0.15) is 55.0 Å². The highest BCUT2D eigenvalue weighted by atomic mass is 16.5. The number of nitrogens with zero attached hydrogens (tertiary/aromatic N) is 3. The van der Waals surface area contributed by atoms with Gasteiger partial charge in [-0.15, -0.1) is 0 Å². The van der Waals surface area contributed by atoms with Crippen molar-refractivity contribution in [2.45, 2.75) is 56.3 Å². The van der Waals surface area contributed by atoms with Gasteiger partial charge < -0.3 is 25.4 Å². The Balaban J connectivity index is 1.34. The first-order chi connectivity index (χ1) is 15.2. The molecule has 8 heteroatoms. The Hall–Kier alpha value is -2.71. The van der Waals surface area contributed by atoms with E-state index in [1.165, 1.54) is 0 Å². The molecule has 1 atom stereocenters. The highest BCUT2D eigenvalue weighted by molar-refractivity contribution is 5.77. The van der Waals surface area contributed by atoms with Gasteiger partial charge in [0.2, 0.25) is 5.95 Å². The van der Waals surface area contributed by atoms with Crippen molar-refractivity contribution in [2.75, 3.05) is 25.1 Å². The third-order valence-corrected chi connectivity index (χ3v) is 6.86. The molecule has 1 aromatic carbocycles. The number of rotatable bonds is 5. The van der Waals surface area contributed by atoms with Gasteiger partial charge in [0.25, 0.3) is 0 Å². The van der Waals surface area contributed by atoms with Crippen LogP contribution in [0.4, 0.5) is 10.7 Å². The summed E-state index contributed by atoms with van der Waals surface area (Å²) >= 11 is 0. The molecule has 8 nitrogen and oxygen atoms in total. The molecule has 164 valence electrons. The molecule has 3 aliphatic rings. The van der Waals surface area contributed by atoms with E-state index in [-0.39, 0.29) is 18.2 Å². The van der Waals surface area contributed by atoms with Crippen molar-refractivity contribution < 1.29 is 14.6 Å². The van der Waals surface area contributed by atoms with Gasteiger partial charge in [0.15, 0.2) is 0 Å². The highest BCUT2D eigenvalue weighted by Crippen LogP contribution is 2.52. The molecule has 1 unspecified atom stereocenters. The zero-order valence-corrected chi connectivity index (χ0v) is 17.6. The number of benzene rings is 1. The van der Waals surface area contributed by atoms with Crippen LogP contribution in [-0.4, -0.2) is 51.9 Å². The summed E-state index contributed by atoms with van der Waals surface area (Å²) in [6.07, 6.45) is 6.70. The number of ether oxygens (including phenoxy) is 1. The fraction of sp³-hybridized carbons (Fsp3) is 0.522. The number of aromatic nitrogens is 2. The van der Waals surface area contributed by atoms with Crippen molar-refractivity contribution in [1.29, 1.82) is 0 Å². The number of aliphatic hydroxyl groups excluding tert-OH is 1. The van der Waals surface area contributed by atoms with E-state index >= 15 is 0 Å². The smallest absolute Gasteiger partial charge is 0.319 e. The summed E-state index contributed by atoms with van der Waals surface area (Å²) in [6, 6.07) is 9.28. The molecule has 3 N–H and O–H groups in total. The minimum Gasteiger partial charge on any atom is -0.394 e. The predicted molar refractivity (Wildman–Crippen MR) is 115 cm³/mol. The number of carbonyl (C=O) groups excluding carboxylic acids is 1. The molecule has 1 aromatic heterocycles. The summed E-state index contributed by atoms with van der Waals surface area (Å²) in [7, 11) is 0. The van der Waals surface area contributed by atoms with Crippen LogP contribution in [0, 0.1) is 0 Å². The Bertz CT molecular complexity index is 928. The molecule has 5 rings (SSSR count). The number of fused-ring (bicyclic) bond motifs is 2. The van der Waals surface area contributed by atoms with Crippen LogP contribution in [0.5, 0.6) is 0 Å². The van der Waals surface area contributed by atoms with Crippen LogP contribution < -0.4 is 10.6 Å². The van der Waals surface area contributed by atoms with E-state index in [0.717, 1.165) is 62.1 Å². The molecule has 2 aliphatic heterocycles. The highest BCUT2D eigenvalue weighted by Gasteiger charge is 2.52. The van der Waals surface area contributed by atoms with Crippen molar-refractivity contribution in [1.82, 2.24) is 20.2 Å². The number of nitrogens with one attached hydrogen (secondary N) is 2. The minimum absolute atomic E-state index is 0.150. The largest absolute Gasteiger partial charge is 0.394 e. The molecule has 2 amide bonds. The average Bonchev–Trinajstić information content (AvgIpc) is 3.14. The summed E-state index contributed by atoms with van der Waals surface area (Å²) in [5.41, 5.74) is 2.54. The van der Waals surface area contributed by atoms with E-state index in [2.05, 4.69) is 15.6 Å². The molecule has 0 radical (unpaired) electrons. The third-order valence-electron chi connectivity index (χ3n) is 6.86. The molecular formula is C23H29N5O3. The lowest BCUT2D eigenvalue weighted by Crippen LogP contribution is -2.53. The lowest BCUT2D eigenvalue weighted by molar-refractivity contribution is 0.0530. The van der Waals surface area contributed by atoms with Gasteiger partial charge in [-0.25, -0.2) is 14.8 Å². The SMILES string of the molecule is O=C(NC(CO)c1ccccc1)N1Cc2nc(NC3CCOCC3)ncc2C12CCC2. The van der Waals surface area contributed by atoms with Gasteiger partial charge in [-0.3, -0.25) is 0 Å². The molecule has 1 aliphatic carbocycles. The Morgan fingerprint density at radius 1 is 1.26 bits per heavy atom. The Morgan fingerprint density at radius 3 is 2.71 bits per heavy atom. The van der Waals surface area contributed by atoms with Crippen LogP contribution in [0.3, 0.4) is 0 Å². The zero-order valence-electron chi connectivity index (χ0n) is 17.6. The maximum Gasteiger partial charge on any atom is 0.319 e. The molecule has 31 heavy (non-hydrogen) atoms. The number of hydrogen-bond donors (Lipinski definition) is 3. The van der Waals surface area contributed by atoms with Gasteiger partial charge in [0.1, 0.15) is 0 Å². The number of carbonyl (C=O) groups is 1. The van der Waals surface area contributed by atoms with Gasteiger partial charge in [-0.05, 0) is 37.7 Å². The molecule has 2 fully saturated rings. The van der Waals surface area contributed by atoms with Gasteiger partial charge in [0.05, 0.1) is 30.4 Å². The Kier molecular flexibility index (Phi) is 5.50. The van der Waals surface area contributed by atoms with Crippen LogP contribution in [0.25, 0.3) is 0 Å². The van der Waals surface area contributed by atoms with Gasteiger partial charge in [0, 0.05) is 31.0 Å². The van der Waals surface area contributed by atoms with Crippen molar-refractivity contribution in [2.24, 2.45) is 0 Å². The second-order valence-electron chi connectivity index (χ2n) is 8.65. The first kappa shape index (κ1) is 20.2. The number of urea groups is 1. The summed E-state index contributed by atoms with van der Waals surface area (Å²) in [5, 5.41) is 16.3. The Labute approximate surface area is 182 Å². The van der Waals surface area contributed by atoms with Crippen molar-refractivity contribution in [3.8, 4) is 0 Å². The second kappa shape index (κ2) is 8.43. The molecule has 0 bridgehead atoms. The van der Waals surface area contributed by atoms with Crippen molar-refractivity contribution in [3.63, 3.8) is 0 Å². The van der Waals surface area contributed by atoms with Gasteiger partial charge in [-0.1, -0.05) is 30.3 Å². The first-order valence-electron chi connectivity index (χ1n) is 11.1. The molecular weight excluding hydrogens is 394 g/mol. The van der Waals surface area contributed by atoms with E-state index in [4.69, 9.17) is 9.72 Å². The molecule has 1 saturated heterocycles. The second-order valence-corrected chi connectivity index (χ2v) is 8.65. The van der Waals surface area contributed by atoms with Crippen LogP contribution in [-0.2, 0) is 16.8 Å². The monoisotopic (exact) mass is 423 g/mol. The quantitative estimate of drug-likeness (QED) is 0.684. The molecule has 3 heterocycles. The van der Waals surface area contributed by atoms with E-state index in [1.807, 2.05) is 41.4 Å². The van der Waals surface area contributed by atoms with Gasteiger partial charge in [-0.2, -0.15) is 0 Å². The van der Waals surface area contributed by atoms with Crippen LogP contribution >= 0.6 is 0 Å². The third kappa shape index (κ3) is 3.74. The van der Waals surface area contributed by atoms with E-state index in [0.29, 0.717) is 18.5 Å². The standard InChI is InChI=1S/C23H29N5O3/c29-15-20(16-5-2-1-3-6-16)27-22(30)28-14-19-18(23(28)9-4-10-23)13-24-21(26-19)25-17-7-11-31-12-8-17/h1-3,5-6,13,17,20,29H,4,7-12,14-15H2,(H,27,30)(H,24,25,26). The maximum atomic E-state index is 13.3. The summed E-state index contributed by atoms with van der Waals surface area (Å²) in [6.45, 7) is 1.82. The first-order valence-corrected chi connectivity index (χ1v) is 11.1. The molecule has 1 spiro atoms. The molecule has 2 aromatic rings. The number of hydrogen-bond acceptors (Lipinski definition) is 6. The maximum absolute atomic E-state index is 13.3. The van der Waals surface area contributed by atoms with Crippen LogP contribution in [0.2, 0.25) is 0 Å².